The van der Waals surface area contributed by atoms with Crippen molar-refractivity contribution < 1.29 is 27.1 Å². The van der Waals surface area contributed by atoms with Gasteiger partial charge >= 0.3 is 0 Å². The number of halogens is 2. The molecule has 2 amide bonds. The molecule has 3 aromatic rings. The van der Waals surface area contributed by atoms with Crippen LogP contribution in [0.3, 0.4) is 0 Å². The Morgan fingerprint density at radius 2 is 1.59 bits per heavy atom. The average molecular weight is 592 g/mol. The molecule has 196 valence electrons. The number of benzene rings is 3. The Hall–Kier alpha value is -3.44. The summed E-state index contributed by atoms with van der Waals surface area (Å²) in [5, 5.41) is 2.53. The van der Waals surface area contributed by atoms with E-state index in [0.717, 1.165) is 26.5 Å². The van der Waals surface area contributed by atoms with Gasteiger partial charge < -0.3 is 15.0 Å². The molecule has 8 nitrogen and oxygen atoms in total. The quantitative estimate of drug-likeness (QED) is 0.385. The zero-order valence-corrected chi connectivity index (χ0v) is 22.9. The van der Waals surface area contributed by atoms with Crippen molar-refractivity contribution >= 4 is 43.5 Å². The van der Waals surface area contributed by atoms with Crippen molar-refractivity contribution in [1.82, 2.24) is 10.2 Å². The minimum Gasteiger partial charge on any atom is -0.497 e. The Bertz CT molecular complexity index is 1330. The van der Waals surface area contributed by atoms with E-state index < -0.39 is 40.2 Å². The van der Waals surface area contributed by atoms with Gasteiger partial charge in [0.25, 0.3) is 10.0 Å². The predicted octanol–water partition coefficient (Wildman–Crippen LogP) is 3.96. The number of methoxy groups -OCH3 is 1. The second-order valence-electron chi connectivity index (χ2n) is 8.10. The topological polar surface area (TPSA) is 96.0 Å². The van der Waals surface area contributed by atoms with E-state index in [2.05, 4.69) is 21.2 Å². The summed E-state index contributed by atoms with van der Waals surface area (Å²) in [6, 6.07) is 16.8. The van der Waals surface area contributed by atoms with Crippen molar-refractivity contribution in [2.24, 2.45) is 0 Å². The molecule has 1 atom stereocenters. The maximum Gasteiger partial charge on any atom is 0.264 e. The molecule has 0 saturated carbocycles. The molecule has 0 aliphatic carbocycles. The van der Waals surface area contributed by atoms with Crippen molar-refractivity contribution in [2.45, 2.75) is 24.4 Å². The Labute approximate surface area is 224 Å². The number of rotatable bonds is 10. The Kier molecular flexibility index (Phi) is 9.28. The van der Waals surface area contributed by atoms with Crippen molar-refractivity contribution in [3.63, 3.8) is 0 Å². The van der Waals surface area contributed by atoms with Crippen molar-refractivity contribution in [1.29, 1.82) is 0 Å². The van der Waals surface area contributed by atoms with Crippen LogP contribution in [0.5, 0.6) is 5.75 Å². The monoisotopic (exact) mass is 591 g/mol. The van der Waals surface area contributed by atoms with Gasteiger partial charge in [-0.3, -0.25) is 13.9 Å². The van der Waals surface area contributed by atoms with Crippen LogP contribution in [0.15, 0.2) is 82.2 Å². The Balaban J connectivity index is 2.01. The standard InChI is InChI=1S/C26H27BrFN3O5S/c1-18(26(33)29-2)30(16-19-4-6-20(27)7-5-19)25(32)17-31(22-10-8-21(28)9-11-22)37(34,35)24-14-12-23(36-3)13-15-24/h4-15,18H,16-17H2,1-3H3,(H,29,33). The molecule has 11 heteroatoms. The smallest absolute Gasteiger partial charge is 0.264 e. The second kappa shape index (κ2) is 12.2. The first kappa shape index (κ1) is 28.1. The van der Waals surface area contributed by atoms with Gasteiger partial charge in [-0.25, -0.2) is 12.8 Å². The average Bonchev–Trinajstić information content (AvgIpc) is 2.91. The van der Waals surface area contributed by atoms with Gasteiger partial charge in [-0.05, 0) is 73.2 Å². The van der Waals surface area contributed by atoms with Crippen molar-refractivity contribution in [3.05, 3.63) is 88.6 Å². The Morgan fingerprint density at radius 3 is 2.14 bits per heavy atom. The summed E-state index contributed by atoms with van der Waals surface area (Å²) in [5.41, 5.74) is 0.848. The summed E-state index contributed by atoms with van der Waals surface area (Å²) in [7, 11) is -1.33. The molecule has 0 aromatic heterocycles. The molecule has 0 radical (unpaired) electrons. The molecule has 0 aliphatic heterocycles. The van der Waals surface area contributed by atoms with Crippen LogP contribution in [0.1, 0.15) is 12.5 Å². The van der Waals surface area contributed by atoms with Crippen LogP contribution in [0.25, 0.3) is 0 Å². The third-order valence-electron chi connectivity index (χ3n) is 5.72. The van der Waals surface area contributed by atoms with Crippen molar-refractivity contribution in [3.8, 4) is 5.75 Å². The van der Waals surface area contributed by atoms with E-state index >= 15 is 0 Å². The molecule has 3 aromatic carbocycles. The van der Waals surface area contributed by atoms with Gasteiger partial charge in [0.15, 0.2) is 0 Å². The molecule has 0 spiro atoms. The van der Waals surface area contributed by atoms with Crippen LogP contribution in [0.4, 0.5) is 10.1 Å². The molecule has 1 unspecified atom stereocenters. The molecule has 0 aliphatic rings. The molecule has 3 rings (SSSR count). The number of likely N-dealkylation sites (N-methyl/N-ethyl adjacent to an activating group) is 1. The van der Waals surface area contributed by atoms with Gasteiger partial charge in [-0.2, -0.15) is 0 Å². The van der Waals surface area contributed by atoms with Gasteiger partial charge in [0.05, 0.1) is 17.7 Å². The Morgan fingerprint density at radius 1 is 1.00 bits per heavy atom. The maximum atomic E-state index is 13.7. The number of hydrogen-bond acceptors (Lipinski definition) is 5. The lowest BCUT2D eigenvalue weighted by Gasteiger charge is -2.31. The minimum absolute atomic E-state index is 0.0700. The highest BCUT2D eigenvalue weighted by molar-refractivity contribution is 9.10. The first-order valence-corrected chi connectivity index (χ1v) is 13.5. The number of anilines is 1. The lowest BCUT2D eigenvalue weighted by Crippen LogP contribution is -2.50. The molecule has 37 heavy (non-hydrogen) atoms. The fourth-order valence-electron chi connectivity index (χ4n) is 3.59. The highest BCUT2D eigenvalue weighted by Crippen LogP contribution is 2.26. The zero-order chi connectivity index (χ0) is 27.2. The third-order valence-corrected chi connectivity index (χ3v) is 8.04. The van der Waals surface area contributed by atoms with Gasteiger partial charge in [-0.15, -0.1) is 0 Å². The zero-order valence-electron chi connectivity index (χ0n) is 20.5. The number of carbonyl (C=O) groups is 2. The van der Waals surface area contributed by atoms with Gasteiger partial charge in [0, 0.05) is 18.1 Å². The third kappa shape index (κ3) is 6.86. The van der Waals surface area contributed by atoms with Gasteiger partial charge in [0.2, 0.25) is 11.8 Å². The number of sulfonamides is 1. The first-order valence-electron chi connectivity index (χ1n) is 11.2. The van der Waals surface area contributed by atoms with E-state index in [1.807, 2.05) is 12.1 Å². The second-order valence-corrected chi connectivity index (χ2v) is 10.9. The van der Waals surface area contributed by atoms with Crippen LogP contribution in [0, 0.1) is 5.82 Å². The number of hydrogen-bond donors (Lipinski definition) is 1. The molecule has 0 fully saturated rings. The molecule has 0 bridgehead atoms. The summed E-state index contributed by atoms with van der Waals surface area (Å²) in [6.45, 7) is 1.02. The van der Waals surface area contributed by atoms with E-state index in [1.165, 1.54) is 55.5 Å². The van der Waals surface area contributed by atoms with Crippen LogP contribution in [-0.4, -0.2) is 51.9 Å². The van der Waals surface area contributed by atoms with E-state index in [9.17, 15) is 22.4 Å². The highest BCUT2D eigenvalue weighted by Gasteiger charge is 2.32. The number of ether oxygens (including phenoxy) is 1. The van der Waals surface area contributed by atoms with E-state index in [1.54, 1.807) is 19.1 Å². The summed E-state index contributed by atoms with van der Waals surface area (Å²) in [5.74, 6) is -1.11. The highest BCUT2D eigenvalue weighted by atomic mass is 79.9. The van der Waals surface area contributed by atoms with Crippen LogP contribution in [-0.2, 0) is 26.2 Å². The molecule has 1 N–H and O–H groups in total. The first-order chi connectivity index (χ1) is 17.6. The number of nitrogens with zero attached hydrogens (tertiary/aromatic N) is 2. The minimum atomic E-state index is -4.25. The number of amides is 2. The predicted molar refractivity (Wildman–Crippen MR) is 142 cm³/mol. The number of nitrogens with one attached hydrogen (secondary N) is 1. The van der Waals surface area contributed by atoms with Crippen LogP contribution < -0.4 is 14.4 Å². The van der Waals surface area contributed by atoms with E-state index in [-0.39, 0.29) is 17.1 Å². The maximum absolute atomic E-state index is 13.7. The van der Waals surface area contributed by atoms with Crippen molar-refractivity contribution in [2.75, 3.05) is 25.0 Å². The summed E-state index contributed by atoms with van der Waals surface area (Å²) >= 11 is 3.37. The van der Waals surface area contributed by atoms with Crippen LogP contribution in [0.2, 0.25) is 0 Å². The summed E-state index contributed by atoms with van der Waals surface area (Å²) in [4.78, 5) is 27.3. The molecular formula is C26H27BrFN3O5S. The van der Waals surface area contributed by atoms with Crippen LogP contribution >= 0.6 is 15.9 Å². The van der Waals surface area contributed by atoms with Gasteiger partial charge in [0.1, 0.15) is 24.2 Å². The largest absolute Gasteiger partial charge is 0.497 e. The SMILES string of the molecule is CNC(=O)C(C)N(Cc1ccc(Br)cc1)C(=O)CN(c1ccc(F)cc1)S(=O)(=O)c1ccc(OC)cc1. The molecular weight excluding hydrogens is 565 g/mol. The molecule has 0 saturated heterocycles. The molecule has 0 heterocycles. The van der Waals surface area contributed by atoms with E-state index in [4.69, 9.17) is 4.74 Å². The normalized spacial score (nSPS) is 11.9. The van der Waals surface area contributed by atoms with E-state index in [0.29, 0.717) is 5.75 Å². The summed E-state index contributed by atoms with van der Waals surface area (Å²) in [6.07, 6.45) is 0. The number of carbonyl (C=O) groups excluding carboxylic acids is 2. The lowest BCUT2D eigenvalue weighted by molar-refractivity contribution is -0.139. The fraction of sp³-hybridized carbons (Fsp3) is 0.231. The lowest BCUT2D eigenvalue weighted by atomic mass is 10.1. The fourth-order valence-corrected chi connectivity index (χ4v) is 5.27. The summed E-state index contributed by atoms with van der Waals surface area (Å²) < 4.78 is 47.8. The van der Waals surface area contributed by atoms with Gasteiger partial charge in [-0.1, -0.05) is 28.1 Å².